The minimum atomic E-state index is -0.258. The number of carbonyl (C=O) groups excluding carboxylic acids is 1. The van der Waals surface area contributed by atoms with Gasteiger partial charge in [0.25, 0.3) is 0 Å². The van der Waals surface area contributed by atoms with Gasteiger partial charge in [-0.3, -0.25) is 9.69 Å². The first-order valence-electron chi connectivity index (χ1n) is 9.97. The predicted octanol–water partition coefficient (Wildman–Crippen LogP) is 3.41. The summed E-state index contributed by atoms with van der Waals surface area (Å²) >= 11 is 0. The van der Waals surface area contributed by atoms with Crippen LogP contribution in [0.1, 0.15) is 24.5 Å². The molecule has 1 fully saturated rings. The molecule has 6 nitrogen and oxygen atoms in total. The van der Waals surface area contributed by atoms with E-state index in [9.17, 15) is 10.1 Å². The van der Waals surface area contributed by atoms with Crippen LogP contribution in [-0.4, -0.2) is 50.1 Å². The van der Waals surface area contributed by atoms with Crippen LogP contribution in [0.5, 0.6) is 5.75 Å². The third kappa shape index (κ3) is 4.87. The van der Waals surface area contributed by atoms with E-state index in [4.69, 9.17) is 4.74 Å². The second-order valence-corrected chi connectivity index (χ2v) is 7.37. The number of amides is 1. The number of rotatable bonds is 5. The Hall–Kier alpha value is -3.04. The van der Waals surface area contributed by atoms with Gasteiger partial charge in [0.05, 0.1) is 30.1 Å². The molecule has 0 saturated carbocycles. The number of ether oxygens (including phenoxy) is 1. The van der Waals surface area contributed by atoms with E-state index < -0.39 is 0 Å². The minimum Gasteiger partial charge on any atom is -0.495 e. The number of nitrogens with zero attached hydrogens (tertiary/aromatic N) is 3. The van der Waals surface area contributed by atoms with Gasteiger partial charge < -0.3 is 15.0 Å². The van der Waals surface area contributed by atoms with Crippen molar-refractivity contribution < 1.29 is 9.53 Å². The zero-order chi connectivity index (χ0) is 20.8. The first kappa shape index (κ1) is 20.7. The number of para-hydroxylation sites is 1. The molecule has 1 atom stereocenters. The maximum absolute atomic E-state index is 12.9. The van der Waals surface area contributed by atoms with E-state index in [1.165, 1.54) is 0 Å². The Kier molecular flexibility index (Phi) is 6.73. The number of benzene rings is 2. The normalized spacial score (nSPS) is 15.9. The van der Waals surface area contributed by atoms with E-state index in [-0.39, 0.29) is 11.9 Å². The summed E-state index contributed by atoms with van der Waals surface area (Å²) in [6.07, 6.45) is 0.936. The highest BCUT2D eigenvalue weighted by Gasteiger charge is 2.25. The number of nitrogens with one attached hydrogen (secondary N) is 1. The Morgan fingerprint density at radius 3 is 2.72 bits per heavy atom. The van der Waals surface area contributed by atoms with Crippen LogP contribution in [0.3, 0.4) is 0 Å². The Labute approximate surface area is 172 Å². The summed E-state index contributed by atoms with van der Waals surface area (Å²) in [5.74, 6) is 0.617. The van der Waals surface area contributed by atoms with E-state index in [1.807, 2.05) is 56.3 Å². The second-order valence-electron chi connectivity index (χ2n) is 7.37. The molecule has 0 aliphatic carbocycles. The molecule has 6 heteroatoms. The van der Waals surface area contributed by atoms with Crippen molar-refractivity contribution in [3.63, 3.8) is 0 Å². The number of nitriles is 1. The fourth-order valence-electron chi connectivity index (χ4n) is 3.73. The van der Waals surface area contributed by atoms with Crippen LogP contribution >= 0.6 is 0 Å². The molecule has 0 aromatic heterocycles. The zero-order valence-electron chi connectivity index (χ0n) is 17.3. The Bertz CT molecular complexity index is 906. The van der Waals surface area contributed by atoms with Crippen LogP contribution in [0.15, 0.2) is 42.5 Å². The maximum atomic E-state index is 12.9. The molecular formula is C23H28N4O2. The summed E-state index contributed by atoms with van der Waals surface area (Å²) in [4.78, 5) is 17.3. The molecule has 1 saturated heterocycles. The van der Waals surface area contributed by atoms with Gasteiger partial charge in [0.2, 0.25) is 5.91 Å². The quantitative estimate of drug-likeness (QED) is 0.844. The SMILES string of the molecule is COc1ccc(C)cc1NC(=O)C(C)N1CCCN(c2ccccc2C#N)CC1. The standard InChI is InChI=1S/C23H28N4O2/c1-17-9-10-22(29-3)20(15-17)25-23(28)18(2)26-11-6-12-27(14-13-26)21-8-5-4-7-19(21)16-24/h4-5,7-10,15,18H,6,11-14H2,1-3H3,(H,25,28). The van der Waals surface area contributed by atoms with Crippen LogP contribution in [-0.2, 0) is 4.79 Å². The summed E-state index contributed by atoms with van der Waals surface area (Å²) < 4.78 is 5.37. The highest BCUT2D eigenvalue weighted by atomic mass is 16.5. The zero-order valence-corrected chi connectivity index (χ0v) is 17.3. The molecule has 1 heterocycles. The fourth-order valence-corrected chi connectivity index (χ4v) is 3.73. The van der Waals surface area contributed by atoms with Crippen molar-refractivity contribution in [2.24, 2.45) is 0 Å². The highest BCUT2D eigenvalue weighted by molar-refractivity contribution is 5.96. The largest absolute Gasteiger partial charge is 0.495 e. The average Bonchev–Trinajstić information content (AvgIpc) is 2.99. The Morgan fingerprint density at radius 2 is 1.97 bits per heavy atom. The molecule has 0 radical (unpaired) electrons. The van der Waals surface area contributed by atoms with Crippen LogP contribution in [0.25, 0.3) is 0 Å². The van der Waals surface area contributed by atoms with Crippen LogP contribution in [0, 0.1) is 18.3 Å². The lowest BCUT2D eigenvalue weighted by atomic mass is 10.1. The van der Waals surface area contributed by atoms with Crippen molar-refractivity contribution >= 4 is 17.3 Å². The number of aryl methyl sites for hydroxylation is 1. The number of methoxy groups -OCH3 is 1. The van der Waals surface area contributed by atoms with Gasteiger partial charge in [-0.05, 0) is 50.1 Å². The maximum Gasteiger partial charge on any atom is 0.241 e. The third-order valence-electron chi connectivity index (χ3n) is 5.44. The van der Waals surface area contributed by atoms with E-state index in [0.29, 0.717) is 17.0 Å². The lowest BCUT2D eigenvalue weighted by Crippen LogP contribution is -2.44. The van der Waals surface area contributed by atoms with Crippen molar-refractivity contribution in [2.45, 2.75) is 26.3 Å². The molecule has 1 aliphatic rings. The molecule has 0 bridgehead atoms. The van der Waals surface area contributed by atoms with Gasteiger partial charge in [0.15, 0.2) is 0 Å². The number of anilines is 2. The summed E-state index contributed by atoms with van der Waals surface area (Å²) in [6, 6.07) is 15.5. The molecular weight excluding hydrogens is 364 g/mol. The Morgan fingerprint density at radius 1 is 1.17 bits per heavy atom. The first-order chi connectivity index (χ1) is 14.0. The number of carbonyl (C=O) groups is 1. The fraction of sp³-hybridized carbons (Fsp3) is 0.391. The molecule has 2 aromatic carbocycles. The first-order valence-corrected chi connectivity index (χ1v) is 9.97. The Balaban J connectivity index is 1.66. The summed E-state index contributed by atoms with van der Waals surface area (Å²) in [5, 5.41) is 12.4. The molecule has 0 spiro atoms. The van der Waals surface area contributed by atoms with Gasteiger partial charge in [0, 0.05) is 26.2 Å². The topological polar surface area (TPSA) is 68.6 Å². The van der Waals surface area contributed by atoms with Crippen molar-refractivity contribution in [2.75, 3.05) is 43.5 Å². The molecule has 1 N–H and O–H groups in total. The van der Waals surface area contributed by atoms with Gasteiger partial charge in [-0.25, -0.2) is 0 Å². The van der Waals surface area contributed by atoms with E-state index in [0.717, 1.165) is 43.9 Å². The van der Waals surface area contributed by atoms with Gasteiger partial charge >= 0.3 is 0 Å². The minimum absolute atomic E-state index is 0.0419. The number of hydrogen-bond acceptors (Lipinski definition) is 5. The van der Waals surface area contributed by atoms with Crippen LogP contribution < -0.4 is 15.0 Å². The monoisotopic (exact) mass is 392 g/mol. The highest BCUT2D eigenvalue weighted by Crippen LogP contribution is 2.26. The lowest BCUT2D eigenvalue weighted by molar-refractivity contribution is -0.120. The van der Waals surface area contributed by atoms with Crippen molar-refractivity contribution in [3.8, 4) is 11.8 Å². The molecule has 1 aliphatic heterocycles. The average molecular weight is 393 g/mol. The molecule has 2 aromatic rings. The van der Waals surface area contributed by atoms with Crippen molar-refractivity contribution in [1.82, 2.24) is 4.90 Å². The third-order valence-corrected chi connectivity index (χ3v) is 5.44. The lowest BCUT2D eigenvalue weighted by Gasteiger charge is -2.28. The molecule has 3 rings (SSSR count). The molecule has 1 unspecified atom stereocenters. The molecule has 1 amide bonds. The summed E-state index contributed by atoms with van der Waals surface area (Å²) in [7, 11) is 1.60. The van der Waals surface area contributed by atoms with Gasteiger partial charge in [-0.15, -0.1) is 0 Å². The smallest absolute Gasteiger partial charge is 0.241 e. The van der Waals surface area contributed by atoms with Crippen LogP contribution in [0.2, 0.25) is 0 Å². The summed E-state index contributed by atoms with van der Waals surface area (Å²) in [6.45, 7) is 7.18. The van der Waals surface area contributed by atoms with E-state index in [2.05, 4.69) is 21.2 Å². The van der Waals surface area contributed by atoms with E-state index in [1.54, 1.807) is 7.11 Å². The van der Waals surface area contributed by atoms with Crippen LogP contribution in [0.4, 0.5) is 11.4 Å². The number of hydrogen-bond donors (Lipinski definition) is 1. The summed E-state index contributed by atoms with van der Waals surface area (Å²) in [5.41, 5.74) is 3.43. The van der Waals surface area contributed by atoms with Gasteiger partial charge in [0.1, 0.15) is 11.8 Å². The van der Waals surface area contributed by atoms with Gasteiger partial charge in [-0.2, -0.15) is 5.26 Å². The second kappa shape index (κ2) is 9.44. The van der Waals surface area contributed by atoms with Crippen molar-refractivity contribution in [3.05, 3.63) is 53.6 Å². The predicted molar refractivity (Wildman–Crippen MR) is 115 cm³/mol. The van der Waals surface area contributed by atoms with Gasteiger partial charge in [-0.1, -0.05) is 18.2 Å². The van der Waals surface area contributed by atoms with Crippen molar-refractivity contribution in [1.29, 1.82) is 5.26 Å². The van der Waals surface area contributed by atoms with E-state index >= 15 is 0 Å². The molecule has 29 heavy (non-hydrogen) atoms. The molecule has 152 valence electrons.